The second-order valence-corrected chi connectivity index (χ2v) is 5.63. The maximum absolute atomic E-state index is 12.1. The summed E-state index contributed by atoms with van der Waals surface area (Å²) in [6.07, 6.45) is -0.207. The molecule has 9 heteroatoms. The van der Waals surface area contributed by atoms with Crippen molar-refractivity contribution in [2.75, 3.05) is 13.1 Å². The molecule has 8 nitrogen and oxygen atoms in total. The number of nitrogens with zero attached hydrogens (tertiary/aromatic N) is 1. The third-order valence-corrected chi connectivity index (χ3v) is 3.67. The van der Waals surface area contributed by atoms with Crippen LogP contribution in [-0.4, -0.2) is 43.4 Å². The second kappa shape index (κ2) is 6.06. The molecule has 1 aromatic rings. The average Bonchev–Trinajstić information content (AvgIpc) is 2.71. The number of sulfonamides is 1. The molecule has 0 saturated carbocycles. The molecular weight excluding hydrogens is 288 g/mol. The van der Waals surface area contributed by atoms with Gasteiger partial charge in [0, 0.05) is 19.2 Å². The Morgan fingerprint density at radius 1 is 1.45 bits per heavy atom. The van der Waals surface area contributed by atoms with E-state index < -0.39 is 21.9 Å². The molecule has 0 fully saturated rings. The smallest absolute Gasteiger partial charge is 0.305 e. The number of aryl methyl sites for hydroxylation is 1. The second-order valence-electron chi connectivity index (χ2n) is 4.10. The molecular formula is C11H16N2O6S. The van der Waals surface area contributed by atoms with Crippen molar-refractivity contribution >= 4 is 21.9 Å². The normalized spacial score (nSPS) is 11.3. The van der Waals surface area contributed by atoms with Gasteiger partial charge in [0.05, 0.1) is 6.42 Å². The summed E-state index contributed by atoms with van der Waals surface area (Å²) in [5.74, 6) is -1.77. The van der Waals surface area contributed by atoms with Crippen molar-refractivity contribution in [2.24, 2.45) is 5.14 Å². The molecule has 112 valence electrons. The topological polar surface area (TPSA) is 131 Å². The number of primary sulfonamides is 1. The zero-order valence-electron chi connectivity index (χ0n) is 11.1. The number of carboxylic acid groups (broad SMARTS) is 1. The van der Waals surface area contributed by atoms with Gasteiger partial charge in [-0.2, -0.15) is 0 Å². The van der Waals surface area contributed by atoms with E-state index in [1.54, 1.807) is 6.92 Å². The van der Waals surface area contributed by atoms with Gasteiger partial charge in [-0.25, -0.2) is 13.6 Å². The lowest BCUT2D eigenvalue weighted by atomic mass is 10.3. The number of amides is 1. The van der Waals surface area contributed by atoms with E-state index in [2.05, 4.69) is 0 Å². The number of aliphatic carboxylic acids is 1. The molecule has 20 heavy (non-hydrogen) atoms. The number of nitrogens with two attached hydrogens (primary N) is 1. The average molecular weight is 304 g/mol. The van der Waals surface area contributed by atoms with E-state index in [-0.39, 0.29) is 35.9 Å². The number of hydrogen-bond donors (Lipinski definition) is 2. The fraction of sp³-hybridized carbons (Fsp3) is 0.455. The number of carbonyl (C=O) groups excluding carboxylic acids is 1. The van der Waals surface area contributed by atoms with Crippen molar-refractivity contribution in [2.45, 2.75) is 25.2 Å². The molecule has 1 rings (SSSR count). The van der Waals surface area contributed by atoms with Crippen molar-refractivity contribution in [3.63, 3.8) is 0 Å². The first-order valence-corrected chi connectivity index (χ1v) is 7.35. The van der Waals surface area contributed by atoms with Crippen LogP contribution in [0.4, 0.5) is 0 Å². The van der Waals surface area contributed by atoms with Gasteiger partial charge in [0.25, 0.3) is 5.91 Å². The molecule has 0 aromatic carbocycles. The van der Waals surface area contributed by atoms with Crippen LogP contribution < -0.4 is 5.14 Å². The summed E-state index contributed by atoms with van der Waals surface area (Å²) in [7, 11) is -3.96. The first-order chi connectivity index (χ1) is 9.16. The van der Waals surface area contributed by atoms with Crippen LogP contribution >= 0.6 is 0 Å². The van der Waals surface area contributed by atoms with Crippen LogP contribution in [0.5, 0.6) is 0 Å². The summed E-state index contributed by atoms with van der Waals surface area (Å²) in [6, 6.07) is 1.05. The van der Waals surface area contributed by atoms with Gasteiger partial charge in [-0.1, -0.05) is 0 Å². The van der Waals surface area contributed by atoms with Crippen molar-refractivity contribution in [3.8, 4) is 0 Å². The van der Waals surface area contributed by atoms with E-state index in [9.17, 15) is 18.0 Å². The third-order valence-electron chi connectivity index (χ3n) is 2.65. The molecule has 0 atom stereocenters. The largest absolute Gasteiger partial charge is 0.481 e. The molecule has 3 N–H and O–H groups in total. The predicted octanol–water partition coefficient (Wildman–Crippen LogP) is 0.172. The highest BCUT2D eigenvalue weighted by atomic mass is 32.2. The zero-order chi connectivity index (χ0) is 15.5. The summed E-state index contributed by atoms with van der Waals surface area (Å²) >= 11 is 0. The van der Waals surface area contributed by atoms with Crippen LogP contribution in [-0.2, 0) is 14.8 Å². The molecule has 1 aromatic heterocycles. The molecule has 1 heterocycles. The van der Waals surface area contributed by atoms with Crippen LogP contribution in [0.25, 0.3) is 0 Å². The SMILES string of the molecule is CCN(CCC(=O)O)C(=O)c1cc(S(N)(=O)=O)c(C)o1. The molecule has 0 unspecified atom stereocenters. The van der Waals surface area contributed by atoms with Gasteiger partial charge in [-0.3, -0.25) is 9.59 Å². The zero-order valence-corrected chi connectivity index (χ0v) is 11.9. The molecule has 0 aliphatic rings. The first kappa shape index (κ1) is 16.2. The Kier molecular flexibility index (Phi) is 4.90. The maximum Gasteiger partial charge on any atom is 0.305 e. The van der Waals surface area contributed by atoms with Gasteiger partial charge in [0.2, 0.25) is 10.0 Å². The van der Waals surface area contributed by atoms with Crippen LogP contribution in [0.15, 0.2) is 15.4 Å². The van der Waals surface area contributed by atoms with E-state index in [0.717, 1.165) is 6.07 Å². The summed E-state index contributed by atoms with van der Waals surface area (Å²) in [6.45, 7) is 3.34. The lowest BCUT2D eigenvalue weighted by Gasteiger charge is -2.18. The van der Waals surface area contributed by atoms with Gasteiger partial charge in [-0.05, 0) is 13.8 Å². The van der Waals surface area contributed by atoms with Gasteiger partial charge >= 0.3 is 5.97 Å². The molecule has 0 spiro atoms. The molecule has 1 amide bonds. The third kappa shape index (κ3) is 3.81. The van der Waals surface area contributed by atoms with Crippen LogP contribution in [0.2, 0.25) is 0 Å². The van der Waals surface area contributed by atoms with Crippen molar-refractivity contribution < 1.29 is 27.5 Å². The quantitative estimate of drug-likeness (QED) is 0.770. The van der Waals surface area contributed by atoms with Gasteiger partial charge in [0.1, 0.15) is 10.7 Å². The summed E-state index contributed by atoms with van der Waals surface area (Å²) < 4.78 is 27.6. The lowest BCUT2D eigenvalue weighted by molar-refractivity contribution is -0.137. The van der Waals surface area contributed by atoms with E-state index >= 15 is 0 Å². The van der Waals surface area contributed by atoms with Crippen molar-refractivity contribution in [3.05, 3.63) is 17.6 Å². The van der Waals surface area contributed by atoms with Gasteiger partial charge < -0.3 is 14.4 Å². The Labute approximate surface area is 116 Å². The standard InChI is InChI=1S/C11H16N2O6S/c1-3-13(5-4-10(14)15)11(16)8-6-9(7(2)19-8)20(12,17)18/h6H,3-5H2,1-2H3,(H,14,15)(H2,12,17,18). The highest BCUT2D eigenvalue weighted by Crippen LogP contribution is 2.20. The van der Waals surface area contributed by atoms with Crippen LogP contribution in [0, 0.1) is 6.92 Å². The summed E-state index contributed by atoms with van der Waals surface area (Å²) in [5.41, 5.74) is 0. The maximum atomic E-state index is 12.1. The van der Waals surface area contributed by atoms with Crippen LogP contribution in [0.1, 0.15) is 29.7 Å². The van der Waals surface area contributed by atoms with E-state index in [1.807, 2.05) is 0 Å². The number of hydrogen-bond acceptors (Lipinski definition) is 5. The molecule has 0 radical (unpaired) electrons. The fourth-order valence-electron chi connectivity index (χ4n) is 1.64. The Bertz CT molecular complexity index is 619. The minimum absolute atomic E-state index is 0.00905. The molecule has 0 aliphatic heterocycles. The van der Waals surface area contributed by atoms with E-state index in [1.165, 1.54) is 11.8 Å². The Hall–Kier alpha value is -1.87. The minimum Gasteiger partial charge on any atom is -0.481 e. The fourth-order valence-corrected chi connectivity index (χ4v) is 2.36. The van der Waals surface area contributed by atoms with Gasteiger partial charge in [0.15, 0.2) is 5.76 Å². The number of furan rings is 1. The number of rotatable bonds is 6. The van der Waals surface area contributed by atoms with E-state index in [4.69, 9.17) is 14.7 Å². The highest BCUT2D eigenvalue weighted by Gasteiger charge is 2.24. The molecule has 0 aliphatic carbocycles. The highest BCUT2D eigenvalue weighted by molar-refractivity contribution is 7.89. The van der Waals surface area contributed by atoms with Crippen molar-refractivity contribution in [1.82, 2.24) is 4.90 Å². The summed E-state index contributed by atoms with van der Waals surface area (Å²) in [4.78, 5) is 23.6. The summed E-state index contributed by atoms with van der Waals surface area (Å²) in [5, 5.41) is 13.6. The monoisotopic (exact) mass is 304 g/mol. The molecule has 0 bridgehead atoms. The first-order valence-electron chi connectivity index (χ1n) is 5.81. The minimum atomic E-state index is -3.96. The van der Waals surface area contributed by atoms with Gasteiger partial charge in [-0.15, -0.1) is 0 Å². The molecule has 0 saturated heterocycles. The number of carboxylic acids is 1. The Balaban J connectivity index is 2.99. The van der Waals surface area contributed by atoms with Crippen LogP contribution in [0.3, 0.4) is 0 Å². The Morgan fingerprint density at radius 3 is 2.45 bits per heavy atom. The predicted molar refractivity (Wildman–Crippen MR) is 68.6 cm³/mol. The lowest BCUT2D eigenvalue weighted by Crippen LogP contribution is -2.32. The van der Waals surface area contributed by atoms with Crippen molar-refractivity contribution in [1.29, 1.82) is 0 Å². The number of carbonyl (C=O) groups is 2. The Morgan fingerprint density at radius 2 is 2.05 bits per heavy atom. The van der Waals surface area contributed by atoms with E-state index in [0.29, 0.717) is 0 Å².